The molecule has 0 unspecified atom stereocenters. The van der Waals surface area contributed by atoms with Gasteiger partial charge in [0.15, 0.2) is 0 Å². The third-order valence-corrected chi connectivity index (χ3v) is 3.47. The van der Waals surface area contributed by atoms with Crippen LogP contribution in [0.5, 0.6) is 0 Å². The highest BCUT2D eigenvalue weighted by atomic mass is 19.3. The molecule has 0 bridgehead atoms. The van der Waals surface area contributed by atoms with E-state index < -0.39 is 12.3 Å². The average molecular weight is 321 g/mol. The number of pyridine rings is 1. The SMILES string of the molecule is O=C(Nc1ccc(C(F)F)nc1)c1coc2c1C(=O)NCCC2. The van der Waals surface area contributed by atoms with Gasteiger partial charge >= 0.3 is 0 Å². The number of hydrogen-bond donors (Lipinski definition) is 2. The van der Waals surface area contributed by atoms with E-state index in [-0.39, 0.29) is 28.4 Å². The second-order valence-corrected chi connectivity index (χ2v) is 5.03. The molecule has 2 aromatic heterocycles. The predicted molar refractivity (Wildman–Crippen MR) is 76.5 cm³/mol. The number of amides is 2. The molecule has 8 heteroatoms. The van der Waals surface area contributed by atoms with Crippen molar-refractivity contribution in [2.75, 3.05) is 11.9 Å². The van der Waals surface area contributed by atoms with Crippen LogP contribution < -0.4 is 10.6 Å². The van der Waals surface area contributed by atoms with Crippen molar-refractivity contribution in [2.45, 2.75) is 19.3 Å². The van der Waals surface area contributed by atoms with Crippen LogP contribution in [0.4, 0.5) is 14.5 Å². The summed E-state index contributed by atoms with van der Waals surface area (Å²) >= 11 is 0. The van der Waals surface area contributed by atoms with Crippen molar-refractivity contribution in [2.24, 2.45) is 0 Å². The van der Waals surface area contributed by atoms with Crippen LogP contribution in [0.2, 0.25) is 0 Å². The zero-order valence-electron chi connectivity index (χ0n) is 11.9. The van der Waals surface area contributed by atoms with E-state index in [9.17, 15) is 18.4 Å². The van der Waals surface area contributed by atoms with Gasteiger partial charge in [-0.15, -0.1) is 0 Å². The standard InChI is InChI=1S/C15H13F2N3O3/c16-13(17)10-4-3-8(6-19-10)20-14(21)9-7-23-11-2-1-5-18-15(22)12(9)11/h3-4,6-7,13H,1-2,5H2,(H,18,22)(H,20,21). The van der Waals surface area contributed by atoms with E-state index in [2.05, 4.69) is 15.6 Å². The monoisotopic (exact) mass is 321 g/mol. The van der Waals surface area contributed by atoms with Gasteiger partial charge in [0, 0.05) is 13.0 Å². The van der Waals surface area contributed by atoms with Crippen LogP contribution in [0, 0.1) is 0 Å². The third-order valence-electron chi connectivity index (χ3n) is 3.47. The molecular weight excluding hydrogens is 308 g/mol. The number of halogens is 2. The summed E-state index contributed by atoms with van der Waals surface area (Å²) in [5, 5.41) is 5.21. The quantitative estimate of drug-likeness (QED) is 0.910. The second-order valence-electron chi connectivity index (χ2n) is 5.03. The molecule has 0 radical (unpaired) electrons. The highest BCUT2D eigenvalue weighted by Gasteiger charge is 2.26. The van der Waals surface area contributed by atoms with Gasteiger partial charge < -0.3 is 15.1 Å². The van der Waals surface area contributed by atoms with E-state index in [1.165, 1.54) is 12.3 Å². The summed E-state index contributed by atoms with van der Waals surface area (Å²) in [4.78, 5) is 27.9. The number of rotatable bonds is 3. The van der Waals surface area contributed by atoms with Gasteiger partial charge in [-0.25, -0.2) is 8.78 Å². The Morgan fingerprint density at radius 2 is 2.22 bits per heavy atom. The Hall–Kier alpha value is -2.77. The number of aryl methyl sites for hydroxylation is 1. The van der Waals surface area contributed by atoms with Crippen molar-refractivity contribution in [1.82, 2.24) is 10.3 Å². The van der Waals surface area contributed by atoms with Crippen molar-refractivity contribution in [3.8, 4) is 0 Å². The zero-order chi connectivity index (χ0) is 16.4. The second kappa shape index (κ2) is 6.15. The van der Waals surface area contributed by atoms with Crippen LogP contribution in [0.25, 0.3) is 0 Å². The Labute approximate surface area is 129 Å². The van der Waals surface area contributed by atoms with E-state index >= 15 is 0 Å². The van der Waals surface area contributed by atoms with E-state index in [1.54, 1.807) is 0 Å². The molecule has 3 heterocycles. The zero-order valence-corrected chi connectivity index (χ0v) is 11.9. The smallest absolute Gasteiger partial charge is 0.280 e. The lowest BCUT2D eigenvalue weighted by Gasteiger charge is -2.06. The first kappa shape index (κ1) is 15.1. The van der Waals surface area contributed by atoms with E-state index in [0.717, 1.165) is 18.7 Å². The van der Waals surface area contributed by atoms with Gasteiger partial charge in [0.1, 0.15) is 17.7 Å². The molecule has 1 aliphatic heterocycles. The van der Waals surface area contributed by atoms with Crippen LogP contribution in [0.3, 0.4) is 0 Å². The molecule has 0 atom stereocenters. The van der Waals surface area contributed by atoms with Gasteiger partial charge in [0.05, 0.1) is 23.0 Å². The number of carbonyl (C=O) groups is 2. The lowest BCUT2D eigenvalue weighted by molar-refractivity contribution is 0.0943. The molecule has 0 aliphatic carbocycles. The number of fused-ring (bicyclic) bond motifs is 1. The summed E-state index contributed by atoms with van der Waals surface area (Å²) < 4.78 is 30.2. The summed E-state index contributed by atoms with van der Waals surface area (Å²) in [7, 11) is 0. The minimum atomic E-state index is -2.67. The van der Waals surface area contributed by atoms with Crippen molar-refractivity contribution >= 4 is 17.5 Å². The fourth-order valence-electron chi connectivity index (χ4n) is 2.34. The van der Waals surface area contributed by atoms with Crippen molar-refractivity contribution in [1.29, 1.82) is 0 Å². The van der Waals surface area contributed by atoms with Crippen LogP contribution >= 0.6 is 0 Å². The molecule has 23 heavy (non-hydrogen) atoms. The summed E-state index contributed by atoms with van der Waals surface area (Å²) in [6.45, 7) is 0.517. The fourth-order valence-corrected chi connectivity index (χ4v) is 2.34. The molecular formula is C15H13F2N3O3. The number of nitrogens with zero attached hydrogens (tertiary/aromatic N) is 1. The van der Waals surface area contributed by atoms with E-state index in [0.29, 0.717) is 18.7 Å². The number of aromatic nitrogens is 1. The first-order valence-electron chi connectivity index (χ1n) is 7.00. The van der Waals surface area contributed by atoms with Gasteiger partial charge in [-0.3, -0.25) is 14.6 Å². The normalized spacial score (nSPS) is 14.1. The molecule has 2 amide bonds. The van der Waals surface area contributed by atoms with E-state index in [1.807, 2.05) is 0 Å². The minimum Gasteiger partial charge on any atom is -0.468 e. The van der Waals surface area contributed by atoms with Gasteiger partial charge in [-0.1, -0.05) is 0 Å². The Bertz CT molecular complexity index is 741. The summed E-state index contributed by atoms with van der Waals surface area (Å²) in [5.41, 5.74) is 0.206. The molecule has 0 spiro atoms. The number of carbonyl (C=O) groups excluding carboxylic acids is 2. The van der Waals surface area contributed by atoms with Crippen molar-refractivity contribution < 1.29 is 22.8 Å². The summed E-state index contributed by atoms with van der Waals surface area (Å²) in [6, 6.07) is 2.45. The maximum Gasteiger partial charge on any atom is 0.280 e. The Morgan fingerprint density at radius 3 is 2.91 bits per heavy atom. The number of furan rings is 1. The number of alkyl halides is 2. The lowest BCUT2D eigenvalue weighted by atomic mass is 10.1. The van der Waals surface area contributed by atoms with Crippen LogP contribution in [-0.4, -0.2) is 23.3 Å². The Balaban J connectivity index is 1.81. The molecule has 6 nitrogen and oxygen atoms in total. The number of anilines is 1. The highest BCUT2D eigenvalue weighted by Crippen LogP contribution is 2.23. The Morgan fingerprint density at radius 1 is 1.39 bits per heavy atom. The largest absolute Gasteiger partial charge is 0.468 e. The molecule has 0 saturated carbocycles. The van der Waals surface area contributed by atoms with Gasteiger partial charge in [0.2, 0.25) is 0 Å². The summed E-state index contributed by atoms with van der Waals surface area (Å²) in [6.07, 6.45) is 0.982. The predicted octanol–water partition coefficient (Wildman–Crippen LogP) is 2.54. The molecule has 0 aromatic carbocycles. The van der Waals surface area contributed by atoms with Crippen molar-refractivity contribution in [3.05, 3.63) is 47.2 Å². The molecule has 3 rings (SSSR count). The van der Waals surface area contributed by atoms with E-state index in [4.69, 9.17) is 4.42 Å². The average Bonchev–Trinajstić information content (AvgIpc) is 2.87. The molecule has 120 valence electrons. The third kappa shape index (κ3) is 3.05. The molecule has 0 fully saturated rings. The number of nitrogens with one attached hydrogen (secondary N) is 2. The fraction of sp³-hybridized carbons (Fsp3) is 0.267. The van der Waals surface area contributed by atoms with Crippen LogP contribution in [-0.2, 0) is 6.42 Å². The number of hydrogen-bond acceptors (Lipinski definition) is 4. The minimum absolute atomic E-state index is 0.109. The molecule has 2 N–H and O–H groups in total. The van der Waals surface area contributed by atoms with Crippen LogP contribution in [0.1, 0.15) is 45.0 Å². The first-order valence-corrected chi connectivity index (χ1v) is 7.00. The summed E-state index contributed by atoms with van der Waals surface area (Å²) in [5.74, 6) is -0.447. The molecule has 0 saturated heterocycles. The highest BCUT2D eigenvalue weighted by molar-refractivity contribution is 6.12. The topological polar surface area (TPSA) is 84.2 Å². The molecule has 1 aliphatic rings. The van der Waals surface area contributed by atoms with Gasteiger partial charge in [-0.2, -0.15) is 0 Å². The lowest BCUT2D eigenvalue weighted by Crippen LogP contribution is -2.25. The van der Waals surface area contributed by atoms with Crippen LogP contribution in [0.15, 0.2) is 29.0 Å². The maximum absolute atomic E-state index is 12.4. The van der Waals surface area contributed by atoms with Gasteiger partial charge in [-0.05, 0) is 18.6 Å². The van der Waals surface area contributed by atoms with Crippen molar-refractivity contribution in [3.63, 3.8) is 0 Å². The molecule has 2 aromatic rings. The van der Waals surface area contributed by atoms with Gasteiger partial charge in [0.25, 0.3) is 18.2 Å². The Kier molecular flexibility index (Phi) is 4.05. The first-order chi connectivity index (χ1) is 11.1. The maximum atomic E-state index is 12.4.